The van der Waals surface area contributed by atoms with E-state index < -0.39 is 21.2 Å². The van der Waals surface area contributed by atoms with Crippen LogP contribution in [-0.4, -0.2) is 13.9 Å². The lowest BCUT2D eigenvalue weighted by molar-refractivity contribution is 0.128. The van der Waals surface area contributed by atoms with Gasteiger partial charge in [-0.3, -0.25) is 4.84 Å². The second-order valence-electron chi connectivity index (χ2n) is 7.79. The molecule has 160 valence electrons. The number of para-hydroxylation sites is 1. The van der Waals surface area contributed by atoms with Crippen molar-refractivity contribution in [2.24, 2.45) is 0 Å². The van der Waals surface area contributed by atoms with Gasteiger partial charge in [-0.15, -0.1) is 0 Å². The van der Waals surface area contributed by atoms with Gasteiger partial charge in [-0.2, -0.15) is 0 Å². The molecular formula is C27H23NO3S. The normalized spacial score (nSPS) is 20.9. The van der Waals surface area contributed by atoms with Crippen molar-refractivity contribution in [3.63, 3.8) is 0 Å². The Labute approximate surface area is 188 Å². The summed E-state index contributed by atoms with van der Waals surface area (Å²) in [7, 11) is -3.78. The molecule has 0 aliphatic carbocycles. The maximum Gasteiger partial charge on any atom is 0.208 e. The van der Waals surface area contributed by atoms with Crippen molar-refractivity contribution in [2.45, 2.75) is 22.3 Å². The molecule has 32 heavy (non-hydrogen) atoms. The minimum absolute atomic E-state index is 0.257. The van der Waals surface area contributed by atoms with E-state index in [-0.39, 0.29) is 10.9 Å². The first kappa shape index (κ1) is 20.5. The van der Waals surface area contributed by atoms with Gasteiger partial charge in [-0.1, -0.05) is 97.1 Å². The Hall–Kier alpha value is -3.41. The van der Waals surface area contributed by atoms with Crippen molar-refractivity contribution < 1.29 is 13.3 Å². The van der Waals surface area contributed by atoms with Crippen LogP contribution in [0.4, 0.5) is 5.69 Å². The molecule has 5 rings (SSSR count). The van der Waals surface area contributed by atoms with Gasteiger partial charge in [0.05, 0.1) is 22.5 Å². The number of rotatable bonds is 5. The quantitative estimate of drug-likeness (QED) is 0.395. The Balaban J connectivity index is 1.71. The summed E-state index contributed by atoms with van der Waals surface area (Å²) in [4.78, 5) is 6.60. The Morgan fingerprint density at radius 3 is 1.62 bits per heavy atom. The van der Waals surface area contributed by atoms with Crippen molar-refractivity contribution in [3.05, 3.63) is 132 Å². The number of hydrogen-bond acceptors (Lipinski definition) is 4. The molecule has 0 aromatic heterocycles. The van der Waals surface area contributed by atoms with E-state index in [1.807, 2.05) is 97.1 Å². The third-order valence-corrected chi connectivity index (χ3v) is 7.74. The highest BCUT2D eigenvalue weighted by molar-refractivity contribution is 7.92. The highest BCUT2D eigenvalue weighted by Crippen LogP contribution is 2.50. The summed E-state index contributed by atoms with van der Waals surface area (Å²) in [5.41, 5.74) is 1.66. The molecule has 3 unspecified atom stereocenters. The van der Waals surface area contributed by atoms with Crippen molar-refractivity contribution in [1.82, 2.24) is 0 Å². The zero-order valence-electron chi connectivity index (χ0n) is 17.4. The number of sulfone groups is 1. The van der Waals surface area contributed by atoms with Crippen LogP contribution >= 0.6 is 0 Å². The third kappa shape index (κ3) is 3.70. The lowest BCUT2D eigenvalue weighted by Gasteiger charge is -2.27. The number of benzene rings is 4. The molecule has 4 nitrogen and oxygen atoms in total. The summed E-state index contributed by atoms with van der Waals surface area (Å²) >= 11 is 0. The number of anilines is 1. The summed E-state index contributed by atoms with van der Waals surface area (Å²) in [5.74, 6) is -0.427. The van der Waals surface area contributed by atoms with E-state index in [4.69, 9.17) is 4.84 Å². The van der Waals surface area contributed by atoms with Gasteiger partial charge in [-0.05, 0) is 35.4 Å². The first-order valence-corrected chi connectivity index (χ1v) is 12.1. The predicted octanol–water partition coefficient (Wildman–Crippen LogP) is 5.76. The van der Waals surface area contributed by atoms with Gasteiger partial charge < -0.3 is 0 Å². The molecule has 5 heteroatoms. The molecule has 1 aliphatic rings. The van der Waals surface area contributed by atoms with Crippen LogP contribution in [0, 0.1) is 0 Å². The standard InChI is InChI=1S/C27H23NO3S/c29-32(30,24-19-11-4-12-20-24)27-25(21-13-5-1-6-14-21)26(22-15-7-2-8-16-22)28(31-27)23-17-9-3-10-18-23/h1-20,25-27H. The molecule has 0 spiro atoms. The number of hydroxylamine groups is 1. The molecule has 1 heterocycles. The van der Waals surface area contributed by atoms with E-state index in [1.54, 1.807) is 29.3 Å². The molecule has 0 amide bonds. The van der Waals surface area contributed by atoms with Crippen LogP contribution in [0.15, 0.2) is 126 Å². The molecule has 1 aliphatic heterocycles. The SMILES string of the molecule is O=S(=O)(c1ccccc1)C1ON(c2ccccc2)C(c2ccccc2)C1c1ccccc1. The Morgan fingerprint density at radius 2 is 1.06 bits per heavy atom. The van der Waals surface area contributed by atoms with Gasteiger partial charge >= 0.3 is 0 Å². The molecule has 4 aromatic carbocycles. The van der Waals surface area contributed by atoms with Crippen molar-refractivity contribution >= 4 is 15.5 Å². The van der Waals surface area contributed by atoms with Gasteiger partial charge in [-0.25, -0.2) is 13.5 Å². The molecule has 0 bridgehead atoms. The summed E-state index contributed by atoms with van der Waals surface area (Å²) in [6.45, 7) is 0. The van der Waals surface area contributed by atoms with Gasteiger partial charge in [0.2, 0.25) is 9.84 Å². The van der Waals surface area contributed by atoms with Crippen LogP contribution in [0.5, 0.6) is 0 Å². The summed E-state index contributed by atoms with van der Waals surface area (Å²) in [6.07, 6.45) is 0. The van der Waals surface area contributed by atoms with Gasteiger partial charge in [0.25, 0.3) is 0 Å². The van der Waals surface area contributed by atoms with Crippen LogP contribution in [-0.2, 0) is 14.7 Å². The van der Waals surface area contributed by atoms with Crippen molar-refractivity contribution in [1.29, 1.82) is 0 Å². The fourth-order valence-electron chi connectivity index (χ4n) is 4.34. The lowest BCUT2D eigenvalue weighted by atomic mass is 9.88. The van der Waals surface area contributed by atoms with E-state index in [9.17, 15) is 8.42 Å². The second kappa shape index (κ2) is 8.61. The van der Waals surface area contributed by atoms with Crippen LogP contribution < -0.4 is 5.06 Å². The van der Waals surface area contributed by atoms with Crippen LogP contribution in [0.25, 0.3) is 0 Å². The monoisotopic (exact) mass is 441 g/mol. The van der Waals surface area contributed by atoms with Crippen molar-refractivity contribution in [3.8, 4) is 0 Å². The molecule has 1 saturated heterocycles. The highest BCUT2D eigenvalue weighted by Gasteiger charge is 2.51. The maximum absolute atomic E-state index is 13.8. The van der Waals surface area contributed by atoms with Gasteiger partial charge in [0.1, 0.15) is 0 Å². The van der Waals surface area contributed by atoms with Crippen LogP contribution in [0.2, 0.25) is 0 Å². The van der Waals surface area contributed by atoms with Crippen molar-refractivity contribution in [2.75, 3.05) is 5.06 Å². The topological polar surface area (TPSA) is 46.6 Å². The summed E-state index contributed by atoms with van der Waals surface area (Å²) in [5, 5.41) is 1.76. The van der Waals surface area contributed by atoms with Crippen LogP contribution in [0.3, 0.4) is 0 Å². The van der Waals surface area contributed by atoms with Gasteiger partial charge in [0.15, 0.2) is 5.44 Å². The minimum Gasteiger partial charge on any atom is -0.252 e. The van der Waals surface area contributed by atoms with Crippen LogP contribution in [0.1, 0.15) is 23.1 Å². The Bertz CT molecular complexity index is 1260. The molecule has 4 aromatic rings. The minimum atomic E-state index is -3.78. The third-order valence-electron chi connectivity index (χ3n) is 5.82. The molecule has 0 radical (unpaired) electrons. The number of nitrogens with zero attached hydrogens (tertiary/aromatic N) is 1. The molecule has 3 atom stereocenters. The van der Waals surface area contributed by atoms with E-state index in [1.165, 1.54) is 0 Å². The first-order valence-electron chi connectivity index (χ1n) is 10.6. The molecular weight excluding hydrogens is 418 g/mol. The van der Waals surface area contributed by atoms with E-state index in [0.717, 1.165) is 16.8 Å². The average Bonchev–Trinajstić information content (AvgIpc) is 3.28. The van der Waals surface area contributed by atoms with Gasteiger partial charge in [0, 0.05) is 0 Å². The fraction of sp³-hybridized carbons (Fsp3) is 0.111. The smallest absolute Gasteiger partial charge is 0.208 e. The zero-order chi connectivity index (χ0) is 22.0. The zero-order valence-corrected chi connectivity index (χ0v) is 18.2. The fourth-order valence-corrected chi connectivity index (χ4v) is 6.04. The summed E-state index contributed by atoms with van der Waals surface area (Å²) < 4.78 is 27.6. The summed E-state index contributed by atoms with van der Waals surface area (Å²) in [6, 6.07) is 37.6. The Morgan fingerprint density at radius 1 is 0.594 bits per heavy atom. The van der Waals surface area contributed by atoms with E-state index in [0.29, 0.717) is 0 Å². The lowest BCUT2D eigenvalue weighted by Crippen LogP contribution is -2.27. The predicted molar refractivity (Wildman–Crippen MR) is 126 cm³/mol. The molecule has 0 saturated carbocycles. The van der Waals surface area contributed by atoms with E-state index >= 15 is 0 Å². The van der Waals surface area contributed by atoms with E-state index in [2.05, 4.69) is 0 Å². The second-order valence-corrected chi connectivity index (χ2v) is 9.81. The highest BCUT2D eigenvalue weighted by atomic mass is 32.2. The first-order chi connectivity index (χ1) is 15.7. The largest absolute Gasteiger partial charge is 0.252 e. The maximum atomic E-state index is 13.8. The molecule has 1 fully saturated rings. The average molecular weight is 442 g/mol. The Kier molecular flexibility index (Phi) is 5.52. The number of hydrogen-bond donors (Lipinski definition) is 0. The molecule has 0 N–H and O–H groups in total.